The predicted octanol–water partition coefficient (Wildman–Crippen LogP) is 3.22. The van der Waals surface area contributed by atoms with Gasteiger partial charge in [-0.2, -0.15) is 0 Å². The number of aromatic nitrogens is 2. The van der Waals surface area contributed by atoms with E-state index >= 15 is 0 Å². The van der Waals surface area contributed by atoms with Crippen LogP contribution in [0.2, 0.25) is 0 Å². The molecular weight excluding hydrogens is 433 g/mol. The standard InChI is InChI=1S/C22H24FN5O3S/c1-31-13-12-28(11-9-20(29)25-14-16-6-4-5-10-24-16)21(30)19-15-32-22(27-19)26-18-8-3-2-7-17(18)23/h2-8,10,15H,9,11-14H2,1H3,(H,25,29)(H,26,27). The summed E-state index contributed by atoms with van der Waals surface area (Å²) >= 11 is 1.20. The maximum absolute atomic E-state index is 13.8. The number of rotatable bonds is 11. The Labute approximate surface area is 189 Å². The molecule has 0 atom stereocenters. The number of halogens is 1. The first-order valence-corrected chi connectivity index (χ1v) is 10.9. The van der Waals surface area contributed by atoms with E-state index in [1.807, 2.05) is 12.1 Å². The Bertz CT molecular complexity index is 1030. The molecule has 2 amide bonds. The van der Waals surface area contributed by atoms with Crippen LogP contribution >= 0.6 is 11.3 Å². The molecule has 2 aromatic heterocycles. The van der Waals surface area contributed by atoms with Gasteiger partial charge in [0.1, 0.15) is 11.5 Å². The molecule has 0 saturated heterocycles. The van der Waals surface area contributed by atoms with Crippen molar-refractivity contribution in [3.05, 3.63) is 71.2 Å². The van der Waals surface area contributed by atoms with Crippen LogP contribution in [-0.4, -0.2) is 53.5 Å². The van der Waals surface area contributed by atoms with E-state index in [0.717, 1.165) is 5.69 Å². The van der Waals surface area contributed by atoms with Crippen molar-refractivity contribution in [3.8, 4) is 0 Å². The molecular formula is C22H24FN5O3S. The monoisotopic (exact) mass is 457 g/mol. The molecule has 0 aliphatic carbocycles. The third-order valence-corrected chi connectivity index (χ3v) is 5.25. The number of ether oxygens (including phenoxy) is 1. The number of thiazole rings is 1. The van der Waals surface area contributed by atoms with Crippen LogP contribution in [0.5, 0.6) is 0 Å². The topological polar surface area (TPSA) is 96.5 Å². The number of amides is 2. The van der Waals surface area contributed by atoms with E-state index in [1.165, 1.54) is 22.3 Å². The van der Waals surface area contributed by atoms with E-state index < -0.39 is 5.82 Å². The fraction of sp³-hybridized carbons (Fsp3) is 0.273. The first-order chi connectivity index (χ1) is 15.6. The van der Waals surface area contributed by atoms with E-state index in [4.69, 9.17) is 4.74 Å². The molecule has 32 heavy (non-hydrogen) atoms. The predicted molar refractivity (Wildman–Crippen MR) is 120 cm³/mol. The number of nitrogens with one attached hydrogen (secondary N) is 2. The minimum absolute atomic E-state index is 0.132. The number of pyridine rings is 1. The second kappa shape index (κ2) is 11.9. The lowest BCUT2D eigenvalue weighted by Crippen LogP contribution is -2.37. The van der Waals surface area contributed by atoms with Crippen LogP contribution in [0.1, 0.15) is 22.6 Å². The average molecular weight is 458 g/mol. The number of hydrogen-bond acceptors (Lipinski definition) is 7. The number of anilines is 2. The molecule has 0 aliphatic rings. The van der Waals surface area contributed by atoms with Gasteiger partial charge in [-0.25, -0.2) is 9.37 Å². The Morgan fingerprint density at radius 1 is 1.16 bits per heavy atom. The van der Waals surface area contributed by atoms with Crippen molar-refractivity contribution in [1.29, 1.82) is 0 Å². The van der Waals surface area contributed by atoms with Crippen LogP contribution in [0.3, 0.4) is 0 Å². The van der Waals surface area contributed by atoms with Gasteiger partial charge in [0, 0.05) is 38.2 Å². The summed E-state index contributed by atoms with van der Waals surface area (Å²) in [5.74, 6) is -0.919. The molecule has 0 bridgehead atoms. The molecule has 168 valence electrons. The summed E-state index contributed by atoms with van der Waals surface area (Å²) in [6.45, 7) is 1.18. The number of carbonyl (C=O) groups excluding carboxylic acids is 2. The maximum atomic E-state index is 13.8. The van der Waals surface area contributed by atoms with Gasteiger partial charge in [0.25, 0.3) is 5.91 Å². The highest BCUT2D eigenvalue weighted by Crippen LogP contribution is 2.23. The number of benzene rings is 1. The largest absolute Gasteiger partial charge is 0.383 e. The van der Waals surface area contributed by atoms with Crippen LogP contribution in [0.25, 0.3) is 0 Å². The van der Waals surface area contributed by atoms with Gasteiger partial charge in [-0.05, 0) is 24.3 Å². The fourth-order valence-electron chi connectivity index (χ4n) is 2.80. The molecule has 3 rings (SSSR count). The zero-order chi connectivity index (χ0) is 22.8. The van der Waals surface area contributed by atoms with Crippen LogP contribution in [0, 0.1) is 5.82 Å². The van der Waals surface area contributed by atoms with E-state index in [0.29, 0.717) is 24.8 Å². The molecule has 1 aromatic carbocycles. The average Bonchev–Trinajstić information content (AvgIpc) is 3.28. The SMILES string of the molecule is COCCN(CCC(=O)NCc1ccccn1)C(=O)c1csc(Nc2ccccc2F)n1. The zero-order valence-electron chi connectivity index (χ0n) is 17.6. The Hall–Kier alpha value is -3.37. The molecule has 2 N–H and O–H groups in total. The van der Waals surface area contributed by atoms with Crippen molar-refractivity contribution in [2.24, 2.45) is 0 Å². The third-order valence-electron chi connectivity index (χ3n) is 4.49. The third kappa shape index (κ3) is 6.82. The Morgan fingerprint density at radius 2 is 1.97 bits per heavy atom. The lowest BCUT2D eigenvalue weighted by molar-refractivity contribution is -0.121. The van der Waals surface area contributed by atoms with Gasteiger partial charge >= 0.3 is 0 Å². The summed E-state index contributed by atoms with van der Waals surface area (Å²) in [7, 11) is 1.54. The van der Waals surface area contributed by atoms with Crippen molar-refractivity contribution in [2.45, 2.75) is 13.0 Å². The highest BCUT2D eigenvalue weighted by molar-refractivity contribution is 7.14. The minimum atomic E-state index is -0.408. The molecule has 0 spiro atoms. The summed E-state index contributed by atoms with van der Waals surface area (Å²) in [5, 5.41) is 7.68. The molecule has 0 aliphatic heterocycles. The smallest absolute Gasteiger partial charge is 0.273 e. The van der Waals surface area contributed by atoms with Crippen LogP contribution in [0.15, 0.2) is 54.0 Å². The van der Waals surface area contributed by atoms with Crippen LogP contribution in [-0.2, 0) is 16.1 Å². The van der Waals surface area contributed by atoms with Crippen LogP contribution in [0.4, 0.5) is 15.2 Å². The molecule has 8 nitrogen and oxygen atoms in total. The van der Waals surface area contributed by atoms with E-state index in [1.54, 1.807) is 43.0 Å². The van der Waals surface area contributed by atoms with Gasteiger partial charge in [0.05, 0.1) is 24.5 Å². The minimum Gasteiger partial charge on any atom is -0.383 e. The highest BCUT2D eigenvalue weighted by atomic mass is 32.1. The quantitative estimate of drug-likeness (QED) is 0.459. The summed E-state index contributed by atoms with van der Waals surface area (Å²) < 4.78 is 18.9. The number of carbonyl (C=O) groups is 2. The second-order valence-corrected chi connectivity index (χ2v) is 7.63. The number of hydrogen-bond donors (Lipinski definition) is 2. The molecule has 10 heteroatoms. The molecule has 3 aromatic rings. The Balaban J connectivity index is 1.57. The van der Waals surface area contributed by atoms with Gasteiger partial charge < -0.3 is 20.3 Å². The van der Waals surface area contributed by atoms with Crippen molar-refractivity contribution in [2.75, 3.05) is 32.1 Å². The Morgan fingerprint density at radius 3 is 2.72 bits per heavy atom. The van der Waals surface area contributed by atoms with Crippen molar-refractivity contribution in [3.63, 3.8) is 0 Å². The second-order valence-electron chi connectivity index (χ2n) is 6.78. The number of para-hydroxylation sites is 1. The van der Waals surface area contributed by atoms with Crippen molar-refractivity contribution < 1.29 is 18.7 Å². The maximum Gasteiger partial charge on any atom is 0.273 e. The summed E-state index contributed by atoms with van der Waals surface area (Å²) in [6.07, 6.45) is 1.79. The van der Waals surface area contributed by atoms with Gasteiger partial charge in [-0.1, -0.05) is 18.2 Å². The summed E-state index contributed by atoms with van der Waals surface area (Å²) in [4.78, 5) is 35.1. The lowest BCUT2D eigenvalue weighted by atomic mass is 10.3. The van der Waals surface area contributed by atoms with Crippen molar-refractivity contribution >= 4 is 34.0 Å². The summed E-state index contributed by atoms with van der Waals surface area (Å²) in [5.41, 5.74) is 1.26. The summed E-state index contributed by atoms with van der Waals surface area (Å²) in [6, 6.07) is 11.7. The van der Waals surface area contributed by atoms with E-state index in [9.17, 15) is 14.0 Å². The molecule has 2 heterocycles. The van der Waals surface area contributed by atoms with E-state index in [-0.39, 0.29) is 36.2 Å². The Kier molecular flexibility index (Phi) is 8.64. The molecule has 0 unspecified atom stereocenters. The van der Waals surface area contributed by atoms with Gasteiger partial charge in [-0.15, -0.1) is 11.3 Å². The number of nitrogens with zero attached hydrogens (tertiary/aromatic N) is 3. The van der Waals surface area contributed by atoms with Gasteiger partial charge in [0.2, 0.25) is 5.91 Å². The normalized spacial score (nSPS) is 10.6. The zero-order valence-corrected chi connectivity index (χ0v) is 18.4. The number of methoxy groups -OCH3 is 1. The van der Waals surface area contributed by atoms with E-state index in [2.05, 4.69) is 20.6 Å². The van der Waals surface area contributed by atoms with Gasteiger partial charge in [-0.3, -0.25) is 14.6 Å². The van der Waals surface area contributed by atoms with Crippen molar-refractivity contribution in [1.82, 2.24) is 20.2 Å². The first kappa shape index (κ1) is 23.3. The molecule has 0 saturated carbocycles. The molecule has 0 radical (unpaired) electrons. The first-order valence-electron chi connectivity index (χ1n) is 9.98. The highest BCUT2D eigenvalue weighted by Gasteiger charge is 2.20. The molecule has 0 fully saturated rings. The van der Waals surface area contributed by atoms with Gasteiger partial charge in [0.15, 0.2) is 5.13 Å². The van der Waals surface area contributed by atoms with Crippen LogP contribution < -0.4 is 10.6 Å². The lowest BCUT2D eigenvalue weighted by Gasteiger charge is -2.21. The fourth-order valence-corrected chi connectivity index (χ4v) is 3.50.